The zero-order valence-corrected chi connectivity index (χ0v) is 16.1. The van der Waals surface area contributed by atoms with Gasteiger partial charge in [-0.05, 0) is 29.8 Å². The van der Waals surface area contributed by atoms with E-state index in [1.165, 1.54) is 5.56 Å². The van der Waals surface area contributed by atoms with Crippen molar-refractivity contribution in [3.05, 3.63) is 70.1 Å². The maximum Gasteiger partial charge on any atom is 0.323 e. The van der Waals surface area contributed by atoms with Crippen LogP contribution in [0.5, 0.6) is 0 Å². The number of aromatic amines is 2. The highest BCUT2D eigenvalue weighted by Crippen LogP contribution is 2.24. The molecule has 0 bridgehead atoms. The molecule has 29 heavy (non-hydrogen) atoms. The Labute approximate surface area is 167 Å². The van der Waals surface area contributed by atoms with E-state index in [1.807, 2.05) is 30.3 Å². The van der Waals surface area contributed by atoms with E-state index >= 15 is 0 Å². The SMILES string of the molecule is O=c1[nH]c2ccc(CNCc3cc4ccccc4nc3N3CCOCC3)cc2[nH]1. The molecule has 5 rings (SSSR count). The molecule has 3 heterocycles. The van der Waals surface area contributed by atoms with Gasteiger partial charge in [-0.15, -0.1) is 0 Å². The van der Waals surface area contributed by atoms with Gasteiger partial charge in [0.15, 0.2) is 0 Å². The number of nitrogens with one attached hydrogen (secondary N) is 3. The molecule has 148 valence electrons. The summed E-state index contributed by atoms with van der Waals surface area (Å²) in [5.41, 5.74) is 4.79. The molecular formula is C22H23N5O2. The summed E-state index contributed by atoms with van der Waals surface area (Å²) in [5, 5.41) is 4.68. The first-order valence-electron chi connectivity index (χ1n) is 9.89. The van der Waals surface area contributed by atoms with Crippen LogP contribution in [0.15, 0.2) is 53.3 Å². The second-order valence-corrected chi connectivity index (χ2v) is 7.33. The number of rotatable bonds is 5. The van der Waals surface area contributed by atoms with E-state index in [0.717, 1.165) is 59.6 Å². The zero-order valence-electron chi connectivity index (χ0n) is 16.1. The van der Waals surface area contributed by atoms with E-state index in [1.54, 1.807) is 0 Å². The number of benzene rings is 2. The maximum atomic E-state index is 11.4. The van der Waals surface area contributed by atoms with Crippen molar-refractivity contribution in [1.82, 2.24) is 20.3 Å². The van der Waals surface area contributed by atoms with Crippen molar-refractivity contribution < 1.29 is 4.74 Å². The molecule has 1 aliphatic heterocycles. The van der Waals surface area contributed by atoms with Crippen LogP contribution in [0, 0.1) is 0 Å². The Morgan fingerprint density at radius 2 is 1.83 bits per heavy atom. The third-order valence-electron chi connectivity index (χ3n) is 5.32. The second kappa shape index (κ2) is 7.69. The molecular weight excluding hydrogens is 366 g/mol. The number of nitrogens with zero attached hydrogens (tertiary/aromatic N) is 2. The Hall–Kier alpha value is -3.16. The fraction of sp³-hybridized carbons (Fsp3) is 0.273. The summed E-state index contributed by atoms with van der Waals surface area (Å²) in [6.45, 7) is 4.60. The molecule has 1 aliphatic rings. The third-order valence-corrected chi connectivity index (χ3v) is 5.32. The number of hydrogen-bond donors (Lipinski definition) is 3. The molecule has 2 aromatic heterocycles. The molecule has 7 nitrogen and oxygen atoms in total. The number of imidazole rings is 1. The molecule has 1 fully saturated rings. The van der Waals surface area contributed by atoms with Crippen LogP contribution >= 0.6 is 0 Å². The van der Waals surface area contributed by atoms with Crippen LogP contribution in [0.3, 0.4) is 0 Å². The van der Waals surface area contributed by atoms with Gasteiger partial charge in [0.25, 0.3) is 0 Å². The normalized spacial score (nSPS) is 14.7. The second-order valence-electron chi connectivity index (χ2n) is 7.33. The first-order chi connectivity index (χ1) is 14.3. The molecule has 1 saturated heterocycles. The van der Waals surface area contributed by atoms with Gasteiger partial charge in [-0.3, -0.25) is 0 Å². The number of aromatic nitrogens is 3. The van der Waals surface area contributed by atoms with Crippen molar-refractivity contribution in [3.8, 4) is 0 Å². The topological polar surface area (TPSA) is 86.0 Å². The van der Waals surface area contributed by atoms with E-state index in [4.69, 9.17) is 9.72 Å². The molecule has 7 heteroatoms. The summed E-state index contributed by atoms with van der Waals surface area (Å²) in [4.78, 5) is 24.3. The minimum atomic E-state index is -0.178. The van der Waals surface area contributed by atoms with Gasteiger partial charge in [0.05, 0.1) is 29.8 Å². The van der Waals surface area contributed by atoms with E-state index in [-0.39, 0.29) is 5.69 Å². The van der Waals surface area contributed by atoms with Crippen molar-refractivity contribution in [3.63, 3.8) is 0 Å². The lowest BCUT2D eigenvalue weighted by Crippen LogP contribution is -2.37. The van der Waals surface area contributed by atoms with Crippen molar-refractivity contribution in [2.24, 2.45) is 0 Å². The predicted octanol–water partition coefficient (Wildman–Crippen LogP) is 2.53. The summed E-state index contributed by atoms with van der Waals surface area (Å²) in [6.07, 6.45) is 0. The number of fused-ring (bicyclic) bond motifs is 2. The molecule has 0 spiro atoms. The van der Waals surface area contributed by atoms with E-state index in [0.29, 0.717) is 13.1 Å². The quantitative estimate of drug-likeness (QED) is 0.488. The van der Waals surface area contributed by atoms with Gasteiger partial charge < -0.3 is 24.9 Å². The van der Waals surface area contributed by atoms with E-state index in [2.05, 4.69) is 38.4 Å². The van der Waals surface area contributed by atoms with Gasteiger partial charge in [0.1, 0.15) is 5.82 Å². The van der Waals surface area contributed by atoms with Crippen molar-refractivity contribution in [2.75, 3.05) is 31.2 Å². The molecule has 2 aromatic carbocycles. The van der Waals surface area contributed by atoms with Gasteiger partial charge in [-0.1, -0.05) is 24.3 Å². The molecule has 0 atom stereocenters. The molecule has 0 saturated carbocycles. The number of ether oxygens (including phenoxy) is 1. The Kier molecular flexibility index (Phi) is 4.75. The summed E-state index contributed by atoms with van der Waals surface area (Å²) in [5.74, 6) is 1.03. The Morgan fingerprint density at radius 3 is 2.72 bits per heavy atom. The Bertz CT molecular complexity index is 1210. The van der Waals surface area contributed by atoms with Gasteiger partial charge in [0.2, 0.25) is 0 Å². The molecule has 0 amide bonds. The fourth-order valence-electron chi connectivity index (χ4n) is 3.86. The van der Waals surface area contributed by atoms with Crippen LogP contribution in [0.25, 0.3) is 21.9 Å². The fourth-order valence-corrected chi connectivity index (χ4v) is 3.86. The molecule has 0 unspecified atom stereocenters. The maximum absolute atomic E-state index is 11.4. The minimum absolute atomic E-state index is 0.178. The lowest BCUT2D eigenvalue weighted by Gasteiger charge is -2.30. The number of anilines is 1. The smallest absolute Gasteiger partial charge is 0.323 e. The lowest BCUT2D eigenvalue weighted by molar-refractivity contribution is 0.122. The first kappa shape index (κ1) is 17.9. The van der Waals surface area contributed by atoms with Gasteiger partial charge in [-0.2, -0.15) is 0 Å². The number of hydrogen-bond acceptors (Lipinski definition) is 5. The highest BCUT2D eigenvalue weighted by molar-refractivity contribution is 5.82. The summed E-state index contributed by atoms with van der Waals surface area (Å²) >= 11 is 0. The van der Waals surface area contributed by atoms with Crippen LogP contribution < -0.4 is 15.9 Å². The van der Waals surface area contributed by atoms with E-state index in [9.17, 15) is 4.79 Å². The average Bonchev–Trinajstić information content (AvgIpc) is 3.13. The summed E-state index contributed by atoms with van der Waals surface area (Å²) < 4.78 is 5.51. The summed E-state index contributed by atoms with van der Waals surface area (Å²) in [7, 11) is 0. The third kappa shape index (κ3) is 3.74. The van der Waals surface area contributed by atoms with Crippen molar-refractivity contribution in [2.45, 2.75) is 13.1 Å². The first-order valence-corrected chi connectivity index (χ1v) is 9.89. The monoisotopic (exact) mass is 389 g/mol. The number of H-pyrrole nitrogens is 2. The van der Waals surface area contributed by atoms with Crippen LogP contribution in [-0.2, 0) is 17.8 Å². The highest BCUT2D eigenvalue weighted by atomic mass is 16.5. The van der Waals surface area contributed by atoms with Crippen molar-refractivity contribution in [1.29, 1.82) is 0 Å². The van der Waals surface area contributed by atoms with E-state index < -0.39 is 0 Å². The van der Waals surface area contributed by atoms with Gasteiger partial charge >= 0.3 is 5.69 Å². The Balaban J connectivity index is 1.38. The van der Waals surface area contributed by atoms with Crippen molar-refractivity contribution >= 4 is 27.8 Å². The van der Waals surface area contributed by atoms with Gasteiger partial charge in [-0.25, -0.2) is 9.78 Å². The number of para-hydroxylation sites is 1. The number of pyridine rings is 1. The minimum Gasteiger partial charge on any atom is -0.378 e. The zero-order chi connectivity index (χ0) is 19.6. The van der Waals surface area contributed by atoms with Gasteiger partial charge in [0, 0.05) is 37.1 Å². The number of morpholine rings is 1. The standard InChI is InChI=1S/C22H23N5O2/c28-22-25-19-6-5-15(11-20(19)26-22)13-23-14-17-12-16-3-1-2-4-18(16)24-21(17)27-7-9-29-10-8-27/h1-6,11-12,23H,7-10,13-14H2,(H2,25,26,28). The molecule has 4 aromatic rings. The van der Waals surface area contributed by atoms with Crippen LogP contribution in [-0.4, -0.2) is 41.3 Å². The highest BCUT2D eigenvalue weighted by Gasteiger charge is 2.17. The summed E-state index contributed by atoms with van der Waals surface area (Å²) in [6, 6.07) is 16.4. The van der Waals surface area contributed by atoms with Crippen LogP contribution in [0.2, 0.25) is 0 Å². The lowest BCUT2D eigenvalue weighted by atomic mass is 10.1. The Morgan fingerprint density at radius 1 is 1.00 bits per heavy atom. The average molecular weight is 389 g/mol. The predicted molar refractivity (Wildman–Crippen MR) is 114 cm³/mol. The molecule has 0 radical (unpaired) electrons. The largest absolute Gasteiger partial charge is 0.378 e. The van der Waals surface area contributed by atoms with Crippen LogP contribution in [0.4, 0.5) is 5.82 Å². The molecule has 0 aliphatic carbocycles. The molecule has 3 N–H and O–H groups in total. The van der Waals surface area contributed by atoms with Crippen LogP contribution in [0.1, 0.15) is 11.1 Å².